The first-order valence-corrected chi connectivity index (χ1v) is 10.2. The highest BCUT2D eigenvalue weighted by Gasteiger charge is 2.38. The Bertz CT molecular complexity index is 1250. The van der Waals surface area contributed by atoms with E-state index in [2.05, 4.69) is 10.6 Å². The Morgan fingerprint density at radius 1 is 0.871 bits per heavy atom. The SMILES string of the molecule is O=C(NC(=S)Nc1cccc2c1C(=O)N(c1ccccc1)C2=O)c1cccc(Cl)c1Cl. The van der Waals surface area contributed by atoms with Crippen molar-refractivity contribution >= 4 is 69.6 Å². The summed E-state index contributed by atoms with van der Waals surface area (Å²) in [7, 11) is 0. The molecule has 2 N–H and O–H groups in total. The Morgan fingerprint density at radius 3 is 2.32 bits per heavy atom. The van der Waals surface area contributed by atoms with Gasteiger partial charge in [-0.25, -0.2) is 4.90 Å². The van der Waals surface area contributed by atoms with Crippen LogP contribution in [0.15, 0.2) is 66.7 Å². The van der Waals surface area contributed by atoms with Crippen LogP contribution < -0.4 is 15.5 Å². The molecule has 0 atom stereocenters. The lowest BCUT2D eigenvalue weighted by molar-refractivity contribution is 0.0924. The predicted molar refractivity (Wildman–Crippen MR) is 124 cm³/mol. The van der Waals surface area contributed by atoms with Crippen LogP contribution in [0.1, 0.15) is 31.1 Å². The van der Waals surface area contributed by atoms with E-state index in [1.54, 1.807) is 60.7 Å². The molecule has 0 saturated carbocycles. The van der Waals surface area contributed by atoms with Gasteiger partial charge >= 0.3 is 0 Å². The number of hydrogen-bond donors (Lipinski definition) is 2. The van der Waals surface area contributed by atoms with Crippen molar-refractivity contribution in [1.82, 2.24) is 5.32 Å². The number of carbonyl (C=O) groups excluding carboxylic acids is 3. The Kier molecular flexibility index (Phi) is 5.73. The summed E-state index contributed by atoms with van der Waals surface area (Å²) >= 11 is 17.2. The third kappa shape index (κ3) is 3.90. The third-order valence-corrected chi connectivity index (χ3v) is 5.62. The number of benzene rings is 3. The lowest BCUT2D eigenvalue weighted by Gasteiger charge is -2.14. The van der Waals surface area contributed by atoms with Gasteiger partial charge in [0.25, 0.3) is 17.7 Å². The Labute approximate surface area is 192 Å². The van der Waals surface area contributed by atoms with Crippen LogP contribution in [0.5, 0.6) is 0 Å². The second-order valence-corrected chi connectivity index (χ2v) is 7.71. The molecule has 3 aromatic rings. The van der Waals surface area contributed by atoms with Gasteiger partial charge in [-0.2, -0.15) is 0 Å². The van der Waals surface area contributed by atoms with Gasteiger partial charge in [-0.05, 0) is 48.6 Å². The Hall–Kier alpha value is -3.26. The number of anilines is 2. The van der Waals surface area contributed by atoms with E-state index in [-0.39, 0.29) is 31.8 Å². The number of halogens is 2. The van der Waals surface area contributed by atoms with Crippen molar-refractivity contribution in [2.45, 2.75) is 0 Å². The molecule has 0 bridgehead atoms. The minimum Gasteiger partial charge on any atom is -0.332 e. The van der Waals surface area contributed by atoms with Crippen LogP contribution >= 0.6 is 35.4 Å². The second-order valence-electron chi connectivity index (χ2n) is 6.52. The van der Waals surface area contributed by atoms with Crippen LogP contribution in [-0.4, -0.2) is 22.8 Å². The summed E-state index contributed by atoms with van der Waals surface area (Å²) in [5.41, 5.74) is 1.33. The summed E-state index contributed by atoms with van der Waals surface area (Å²) in [6.45, 7) is 0. The maximum Gasteiger partial charge on any atom is 0.268 e. The van der Waals surface area contributed by atoms with E-state index in [0.29, 0.717) is 11.4 Å². The zero-order chi connectivity index (χ0) is 22.1. The van der Waals surface area contributed by atoms with Crippen LogP contribution in [0, 0.1) is 0 Å². The fourth-order valence-electron chi connectivity index (χ4n) is 3.20. The van der Waals surface area contributed by atoms with Gasteiger partial charge in [0.1, 0.15) is 0 Å². The van der Waals surface area contributed by atoms with E-state index in [1.165, 1.54) is 6.07 Å². The van der Waals surface area contributed by atoms with Crippen molar-refractivity contribution in [3.8, 4) is 0 Å². The van der Waals surface area contributed by atoms with E-state index in [9.17, 15) is 14.4 Å². The number of nitrogens with zero attached hydrogens (tertiary/aromatic N) is 1. The van der Waals surface area contributed by atoms with Gasteiger partial charge in [0.05, 0.1) is 38.1 Å². The van der Waals surface area contributed by atoms with Gasteiger partial charge in [0, 0.05) is 0 Å². The molecule has 6 nitrogen and oxygen atoms in total. The Balaban J connectivity index is 1.57. The normalized spacial score (nSPS) is 12.5. The maximum atomic E-state index is 13.0. The van der Waals surface area contributed by atoms with Gasteiger partial charge in [-0.1, -0.05) is 53.5 Å². The number of fused-ring (bicyclic) bond motifs is 1. The first-order chi connectivity index (χ1) is 14.9. The lowest BCUT2D eigenvalue weighted by atomic mass is 10.1. The van der Waals surface area contributed by atoms with Crippen molar-refractivity contribution in [3.05, 3.63) is 93.5 Å². The number of carbonyl (C=O) groups is 3. The molecule has 0 spiro atoms. The molecule has 0 aromatic heterocycles. The van der Waals surface area contributed by atoms with Crippen LogP contribution in [0.2, 0.25) is 10.0 Å². The molecule has 0 radical (unpaired) electrons. The highest BCUT2D eigenvalue weighted by atomic mass is 35.5. The molecular weight excluding hydrogens is 457 g/mol. The molecule has 31 heavy (non-hydrogen) atoms. The van der Waals surface area contributed by atoms with E-state index in [0.717, 1.165) is 4.90 Å². The number of imide groups is 1. The average Bonchev–Trinajstić information content (AvgIpc) is 3.01. The summed E-state index contributed by atoms with van der Waals surface area (Å²) in [5.74, 6) is -1.48. The first-order valence-electron chi connectivity index (χ1n) is 9.01. The zero-order valence-electron chi connectivity index (χ0n) is 15.7. The largest absolute Gasteiger partial charge is 0.332 e. The average molecular weight is 470 g/mol. The van der Waals surface area contributed by atoms with Crippen LogP contribution in [0.4, 0.5) is 11.4 Å². The molecule has 0 fully saturated rings. The van der Waals surface area contributed by atoms with Crippen molar-refractivity contribution in [1.29, 1.82) is 0 Å². The van der Waals surface area contributed by atoms with Crippen LogP contribution in [0.3, 0.4) is 0 Å². The summed E-state index contributed by atoms with van der Waals surface area (Å²) in [6.07, 6.45) is 0. The molecular formula is C22H13Cl2N3O3S. The smallest absolute Gasteiger partial charge is 0.268 e. The minimum atomic E-state index is -0.564. The molecule has 0 unspecified atom stereocenters. The van der Waals surface area contributed by atoms with Gasteiger partial charge in [0.15, 0.2) is 5.11 Å². The van der Waals surface area contributed by atoms with E-state index in [1.807, 2.05) is 0 Å². The zero-order valence-corrected chi connectivity index (χ0v) is 18.0. The molecule has 154 valence electrons. The monoisotopic (exact) mass is 469 g/mol. The number of thiocarbonyl (C=S) groups is 1. The number of hydrogen-bond acceptors (Lipinski definition) is 4. The summed E-state index contributed by atoms with van der Waals surface area (Å²) < 4.78 is 0. The van der Waals surface area contributed by atoms with Crippen molar-refractivity contribution in [2.24, 2.45) is 0 Å². The number of nitrogens with one attached hydrogen (secondary N) is 2. The van der Waals surface area contributed by atoms with E-state index < -0.39 is 17.7 Å². The highest BCUT2D eigenvalue weighted by Crippen LogP contribution is 2.33. The fraction of sp³-hybridized carbons (Fsp3) is 0. The molecule has 3 amide bonds. The molecule has 3 aromatic carbocycles. The minimum absolute atomic E-state index is 0.0622. The Morgan fingerprint density at radius 2 is 1.58 bits per heavy atom. The summed E-state index contributed by atoms with van der Waals surface area (Å²) in [6, 6.07) is 18.1. The summed E-state index contributed by atoms with van der Waals surface area (Å²) in [4.78, 5) is 39.5. The fourth-order valence-corrected chi connectivity index (χ4v) is 3.79. The van der Waals surface area contributed by atoms with E-state index >= 15 is 0 Å². The standard InChI is InChI=1S/C22H13Cl2N3O3S/c23-15-10-4-9-14(18(15)24)19(28)26-22(31)25-16-11-5-8-13-17(16)21(30)27(20(13)29)12-6-2-1-3-7-12/h1-11H,(H2,25,26,28,31). The van der Waals surface area contributed by atoms with Crippen LogP contribution in [0.25, 0.3) is 0 Å². The highest BCUT2D eigenvalue weighted by molar-refractivity contribution is 7.80. The molecule has 1 heterocycles. The molecule has 1 aliphatic rings. The van der Waals surface area contributed by atoms with E-state index in [4.69, 9.17) is 35.4 Å². The van der Waals surface area contributed by atoms with Gasteiger partial charge in [-0.3, -0.25) is 19.7 Å². The third-order valence-electron chi connectivity index (χ3n) is 4.60. The molecule has 9 heteroatoms. The quantitative estimate of drug-likeness (QED) is 0.420. The molecule has 0 saturated heterocycles. The number of amides is 3. The summed E-state index contributed by atoms with van der Waals surface area (Å²) in [5, 5.41) is 5.60. The number of rotatable bonds is 3. The first kappa shape index (κ1) is 21.0. The van der Waals surface area contributed by atoms with Crippen molar-refractivity contribution in [2.75, 3.05) is 10.2 Å². The van der Waals surface area contributed by atoms with Gasteiger partial charge in [-0.15, -0.1) is 0 Å². The van der Waals surface area contributed by atoms with Gasteiger partial charge < -0.3 is 5.32 Å². The predicted octanol–water partition coefficient (Wildman–Crippen LogP) is 4.92. The molecule has 0 aliphatic carbocycles. The van der Waals surface area contributed by atoms with Crippen molar-refractivity contribution < 1.29 is 14.4 Å². The number of para-hydroxylation sites is 1. The van der Waals surface area contributed by atoms with Gasteiger partial charge in [0.2, 0.25) is 0 Å². The maximum absolute atomic E-state index is 13.0. The van der Waals surface area contributed by atoms with Crippen molar-refractivity contribution in [3.63, 3.8) is 0 Å². The topological polar surface area (TPSA) is 78.5 Å². The van der Waals surface area contributed by atoms with Crippen LogP contribution in [-0.2, 0) is 0 Å². The second kappa shape index (κ2) is 8.47. The molecule has 1 aliphatic heterocycles. The lowest BCUT2D eigenvalue weighted by Crippen LogP contribution is -2.35. The molecule has 4 rings (SSSR count).